The van der Waals surface area contributed by atoms with E-state index in [0.29, 0.717) is 19.1 Å². The molecule has 0 aromatic heterocycles. The molecule has 6 nitrogen and oxygen atoms in total. The van der Waals surface area contributed by atoms with Gasteiger partial charge < -0.3 is 10.6 Å². The van der Waals surface area contributed by atoms with E-state index in [4.69, 9.17) is 0 Å². The Morgan fingerprint density at radius 2 is 2.14 bits per heavy atom. The highest BCUT2D eigenvalue weighted by atomic mass is 32.2. The first-order valence-corrected chi connectivity index (χ1v) is 10.6. The van der Waals surface area contributed by atoms with Gasteiger partial charge in [0.25, 0.3) is 0 Å². The molecule has 0 aromatic carbocycles. The van der Waals surface area contributed by atoms with Gasteiger partial charge in [-0.2, -0.15) is 11.8 Å². The van der Waals surface area contributed by atoms with Crippen molar-refractivity contribution in [3.05, 3.63) is 0 Å². The van der Waals surface area contributed by atoms with Crippen LogP contribution in [0, 0.1) is 0 Å². The Hall–Kier alpha value is -0.470. The van der Waals surface area contributed by atoms with Crippen molar-refractivity contribution in [2.75, 3.05) is 32.1 Å². The van der Waals surface area contributed by atoms with Crippen LogP contribution >= 0.6 is 11.8 Å². The topological polar surface area (TPSA) is 82.6 Å². The molecule has 0 aromatic rings. The molecule has 0 amide bonds. The van der Waals surface area contributed by atoms with Gasteiger partial charge in [0.1, 0.15) is 0 Å². The maximum Gasteiger partial charge on any atom is 0.208 e. The summed E-state index contributed by atoms with van der Waals surface area (Å²) in [6, 6.07) is 0.455. The lowest BCUT2D eigenvalue weighted by atomic mass is 9.95. The molecule has 1 saturated carbocycles. The van der Waals surface area contributed by atoms with Gasteiger partial charge in [0.15, 0.2) is 5.96 Å². The van der Waals surface area contributed by atoms with E-state index in [1.165, 1.54) is 19.3 Å². The number of thioether (sulfide) groups is 1. The van der Waals surface area contributed by atoms with Crippen LogP contribution in [-0.4, -0.2) is 57.8 Å². The number of nitrogens with one attached hydrogen (secondary N) is 3. The molecule has 21 heavy (non-hydrogen) atoms. The summed E-state index contributed by atoms with van der Waals surface area (Å²) in [5.41, 5.74) is 0. The molecule has 1 rings (SSSR count). The van der Waals surface area contributed by atoms with Gasteiger partial charge >= 0.3 is 0 Å². The van der Waals surface area contributed by atoms with Crippen molar-refractivity contribution in [3.63, 3.8) is 0 Å². The number of hydrogen-bond donors (Lipinski definition) is 3. The molecular formula is C13H28N4O2S2. The zero-order chi connectivity index (χ0) is 15.7. The molecule has 3 N–H and O–H groups in total. The van der Waals surface area contributed by atoms with Gasteiger partial charge in [-0.3, -0.25) is 4.99 Å². The van der Waals surface area contributed by atoms with Gasteiger partial charge in [-0.15, -0.1) is 0 Å². The Balaban J connectivity index is 2.44. The van der Waals surface area contributed by atoms with Crippen molar-refractivity contribution in [2.24, 2.45) is 4.99 Å². The Labute approximate surface area is 133 Å². The van der Waals surface area contributed by atoms with Crippen LogP contribution in [0.4, 0.5) is 0 Å². The maximum absolute atomic E-state index is 11.0. The quantitative estimate of drug-likeness (QED) is 0.363. The summed E-state index contributed by atoms with van der Waals surface area (Å²) in [7, 11) is -3.14. The average Bonchev–Trinajstić information content (AvgIpc) is 2.43. The molecule has 2 unspecified atom stereocenters. The van der Waals surface area contributed by atoms with E-state index < -0.39 is 10.0 Å². The highest BCUT2D eigenvalue weighted by molar-refractivity contribution is 7.99. The van der Waals surface area contributed by atoms with E-state index in [9.17, 15) is 8.42 Å². The summed E-state index contributed by atoms with van der Waals surface area (Å²) in [5.74, 6) is 0.777. The highest BCUT2D eigenvalue weighted by Crippen LogP contribution is 2.26. The van der Waals surface area contributed by atoms with Gasteiger partial charge in [-0.05, 0) is 32.4 Å². The maximum atomic E-state index is 11.0. The second-order valence-electron chi connectivity index (χ2n) is 5.29. The van der Waals surface area contributed by atoms with E-state index in [1.54, 1.807) is 0 Å². The fourth-order valence-corrected chi connectivity index (χ4v) is 3.69. The molecular weight excluding hydrogens is 308 g/mol. The summed E-state index contributed by atoms with van der Waals surface area (Å²) in [4.78, 5) is 4.42. The van der Waals surface area contributed by atoms with Crippen LogP contribution in [0.2, 0.25) is 0 Å². The molecule has 0 saturated heterocycles. The van der Waals surface area contributed by atoms with Gasteiger partial charge in [0, 0.05) is 24.4 Å². The summed E-state index contributed by atoms with van der Waals surface area (Å²) in [6.45, 7) is 3.58. The van der Waals surface area contributed by atoms with Crippen LogP contribution in [0.1, 0.15) is 32.6 Å². The normalized spacial score (nSPS) is 23.9. The van der Waals surface area contributed by atoms with E-state index in [2.05, 4.69) is 26.6 Å². The highest BCUT2D eigenvalue weighted by Gasteiger charge is 2.21. The van der Waals surface area contributed by atoms with Crippen LogP contribution in [0.25, 0.3) is 0 Å². The Morgan fingerprint density at radius 3 is 2.76 bits per heavy atom. The number of nitrogens with zero attached hydrogens (tertiary/aromatic N) is 1. The molecule has 1 fully saturated rings. The minimum atomic E-state index is -3.14. The standard InChI is InChI=1S/C13H28N4O2S2/c1-4-14-13(15-8-9-16-21(3,18)19)17-11-6-5-7-12(10-11)20-2/h11-12,16H,4-10H2,1-3H3,(H2,14,15,17). The predicted octanol–water partition coefficient (Wildman–Crippen LogP) is 0.765. The zero-order valence-electron chi connectivity index (χ0n) is 13.2. The molecule has 0 heterocycles. The number of rotatable bonds is 7. The molecule has 0 spiro atoms. The summed E-state index contributed by atoms with van der Waals surface area (Å²) < 4.78 is 24.4. The molecule has 8 heteroatoms. The Morgan fingerprint density at radius 1 is 1.38 bits per heavy atom. The lowest BCUT2D eigenvalue weighted by molar-refractivity contribution is 0.419. The summed E-state index contributed by atoms with van der Waals surface area (Å²) >= 11 is 1.94. The third kappa shape index (κ3) is 8.53. The Bertz CT molecular complexity index is 426. The van der Waals surface area contributed by atoms with Gasteiger partial charge in [0.05, 0.1) is 12.8 Å². The van der Waals surface area contributed by atoms with E-state index in [0.717, 1.165) is 30.4 Å². The number of sulfonamides is 1. The van der Waals surface area contributed by atoms with Crippen molar-refractivity contribution >= 4 is 27.7 Å². The van der Waals surface area contributed by atoms with Crippen molar-refractivity contribution < 1.29 is 8.42 Å². The molecule has 1 aliphatic carbocycles. The van der Waals surface area contributed by atoms with E-state index in [1.807, 2.05) is 18.7 Å². The largest absolute Gasteiger partial charge is 0.357 e. The fourth-order valence-electron chi connectivity index (χ4n) is 2.40. The molecule has 2 atom stereocenters. The molecule has 1 aliphatic rings. The smallest absolute Gasteiger partial charge is 0.208 e. The molecule has 124 valence electrons. The average molecular weight is 337 g/mol. The van der Waals surface area contributed by atoms with Crippen molar-refractivity contribution in [1.29, 1.82) is 0 Å². The van der Waals surface area contributed by atoms with E-state index >= 15 is 0 Å². The van der Waals surface area contributed by atoms with Gasteiger partial charge in [0.2, 0.25) is 10.0 Å². The lowest BCUT2D eigenvalue weighted by Crippen LogP contribution is -2.46. The zero-order valence-corrected chi connectivity index (χ0v) is 14.8. The number of guanidine groups is 1. The first kappa shape index (κ1) is 18.6. The van der Waals surface area contributed by atoms with E-state index in [-0.39, 0.29) is 0 Å². The SMILES string of the molecule is CCNC(=NCCNS(C)(=O)=O)NC1CCCC(SC)C1. The minimum Gasteiger partial charge on any atom is -0.357 e. The first-order valence-electron chi connectivity index (χ1n) is 7.47. The number of hydrogen-bond acceptors (Lipinski definition) is 4. The minimum absolute atomic E-state index is 0.327. The van der Waals surface area contributed by atoms with Crippen LogP contribution in [0.15, 0.2) is 4.99 Å². The number of aliphatic imine (C=N–C) groups is 1. The summed E-state index contributed by atoms with van der Waals surface area (Å²) in [6.07, 6.45) is 8.20. The van der Waals surface area contributed by atoms with Crippen LogP contribution in [-0.2, 0) is 10.0 Å². The van der Waals surface area contributed by atoms with Crippen molar-refractivity contribution in [2.45, 2.75) is 43.9 Å². The lowest BCUT2D eigenvalue weighted by Gasteiger charge is -2.29. The molecule has 0 radical (unpaired) electrons. The first-order chi connectivity index (χ1) is 9.94. The fraction of sp³-hybridized carbons (Fsp3) is 0.923. The molecule has 0 bridgehead atoms. The molecule has 0 aliphatic heterocycles. The van der Waals surface area contributed by atoms with Gasteiger partial charge in [-0.1, -0.05) is 6.42 Å². The van der Waals surface area contributed by atoms with Crippen molar-refractivity contribution in [3.8, 4) is 0 Å². The van der Waals surface area contributed by atoms with Crippen molar-refractivity contribution in [1.82, 2.24) is 15.4 Å². The predicted molar refractivity (Wildman–Crippen MR) is 91.5 cm³/mol. The summed E-state index contributed by atoms with van der Waals surface area (Å²) in [5, 5.41) is 7.41. The second kappa shape index (κ2) is 9.53. The van der Waals surface area contributed by atoms with Crippen LogP contribution in [0.5, 0.6) is 0 Å². The monoisotopic (exact) mass is 336 g/mol. The van der Waals surface area contributed by atoms with Gasteiger partial charge in [-0.25, -0.2) is 13.1 Å². The third-order valence-electron chi connectivity index (χ3n) is 3.39. The Kier molecular flexibility index (Phi) is 8.43. The van der Waals surface area contributed by atoms with Crippen LogP contribution < -0.4 is 15.4 Å². The third-order valence-corrected chi connectivity index (χ3v) is 5.21. The second-order valence-corrected chi connectivity index (χ2v) is 8.26. The van der Waals surface area contributed by atoms with Crippen LogP contribution in [0.3, 0.4) is 0 Å².